The van der Waals surface area contributed by atoms with Crippen molar-refractivity contribution in [1.29, 1.82) is 0 Å². The number of anilines is 1. The lowest BCUT2D eigenvalue weighted by atomic mass is 10.1. The number of alkyl halides is 3. The van der Waals surface area contributed by atoms with E-state index in [-0.39, 0.29) is 17.9 Å². The lowest BCUT2D eigenvalue weighted by molar-refractivity contribution is -0.123. The second-order valence-corrected chi connectivity index (χ2v) is 5.68. The number of hydrogen-bond donors (Lipinski definition) is 2. The fourth-order valence-electron chi connectivity index (χ4n) is 2.26. The van der Waals surface area contributed by atoms with Crippen LogP contribution in [-0.4, -0.2) is 31.1 Å². The first-order valence-corrected chi connectivity index (χ1v) is 8.24. The van der Waals surface area contributed by atoms with Crippen molar-refractivity contribution in [3.63, 3.8) is 0 Å². The van der Waals surface area contributed by atoms with Crippen molar-refractivity contribution in [2.75, 3.05) is 18.5 Å². The molecule has 0 radical (unpaired) electrons. The molecule has 0 aliphatic rings. The average molecular weight is 380 g/mol. The van der Waals surface area contributed by atoms with Gasteiger partial charge in [-0.15, -0.1) is 0 Å². The van der Waals surface area contributed by atoms with Gasteiger partial charge in [-0.1, -0.05) is 31.2 Å². The van der Waals surface area contributed by atoms with Gasteiger partial charge in [0.25, 0.3) is 11.8 Å². The number of rotatable bonds is 7. The van der Waals surface area contributed by atoms with Gasteiger partial charge in [0.2, 0.25) is 0 Å². The fourth-order valence-corrected chi connectivity index (χ4v) is 2.26. The van der Waals surface area contributed by atoms with Crippen LogP contribution in [0.4, 0.5) is 18.9 Å². The lowest BCUT2D eigenvalue weighted by Gasteiger charge is -2.13. The Morgan fingerprint density at radius 2 is 1.81 bits per heavy atom. The molecule has 0 saturated heterocycles. The summed E-state index contributed by atoms with van der Waals surface area (Å²) in [6.07, 6.45) is -3.70. The Labute approximate surface area is 154 Å². The quantitative estimate of drug-likeness (QED) is 0.772. The molecule has 0 aliphatic heterocycles. The van der Waals surface area contributed by atoms with E-state index in [9.17, 15) is 22.8 Å². The molecule has 2 N–H and O–H groups in total. The van der Waals surface area contributed by atoms with Crippen molar-refractivity contribution < 1.29 is 27.5 Å². The molecule has 2 aromatic rings. The molecule has 0 fully saturated rings. The first-order valence-electron chi connectivity index (χ1n) is 8.24. The molecule has 2 aromatic carbocycles. The van der Waals surface area contributed by atoms with Crippen LogP contribution in [-0.2, 0) is 11.2 Å². The molecule has 8 heteroatoms. The zero-order valence-electron chi connectivity index (χ0n) is 14.6. The van der Waals surface area contributed by atoms with Gasteiger partial charge in [0, 0.05) is 0 Å². The third-order valence-corrected chi connectivity index (χ3v) is 3.57. The van der Waals surface area contributed by atoms with Crippen LogP contribution in [0.2, 0.25) is 0 Å². The van der Waals surface area contributed by atoms with E-state index in [0.29, 0.717) is 5.75 Å². The smallest absolute Gasteiger partial charge is 0.405 e. The highest BCUT2D eigenvalue weighted by atomic mass is 19.4. The summed E-state index contributed by atoms with van der Waals surface area (Å²) in [4.78, 5) is 24.0. The monoisotopic (exact) mass is 380 g/mol. The summed E-state index contributed by atoms with van der Waals surface area (Å²) in [7, 11) is 0. The molecule has 5 nitrogen and oxygen atoms in total. The summed E-state index contributed by atoms with van der Waals surface area (Å²) in [5.74, 6) is -0.937. The second kappa shape index (κ2) is 9.07. The molecule has 0 unspecified atom stereocenters. The summed E-state index contributed by atoms with van der Waals surface area (Å²) < 4.78 is 42.2. The molecule has 2 amide bonds. The van der Waals surface area contributed by atoms with Crippen LogP contribution >= 0.6 is 0 Å². The SMILES string of the molecule is CCc1cccc(OCC(=O)Nc2ccccc2C(=O)NCC(F)(F)F)c1. The minimum absolute atomic E-state index is 0.0666. The molecular formula is C19H19F3N2O3. The van der Waals surface area contributed by atoms with Crippen LogP contribution in [0.3, 0.4) is 0 Å². The van der Waals surface area contributed by atoms with Gasteiger partial charge in [-0.05, 0) is 36.2 Å². The van der Waals surface area contributed by atoms with Crippen molar-refractivity contribution in [3.05, 3.63) is 59.7 Å². The Hall–Kier alpha value is -3.03. The summed E-state index contributed by atoms with van der Waals surface area (Å²) >= 11 is 0. The van der Waals surface area contributed by atoms with E-state index < -0.39 is 24.5 Å². The summed E-state index contributed by atoms with van der Waals surface area (Å²) in [5, 5.41) is 4.26. The first-order chi connectivity index (χ1) is 12.8. The fraction of sp³-hybridized carbons (Fsp3) is 0.263. The Bertz CT molecular complexity index is 807. The van der Waals surface area contributed by atoms with Crippen LogP contribution in [0.5, 0.6) is 5.75 Å². The van der Waals surface area contributed by atoms with E-state index in [1.165, 1.54) is 18.2 Å². The molecule has 27 heavy (non-hydrogen) atoms. The zero-order valence-corrected chi connectivity index (χ0v) is 14.6. The normalized spacial score (nSPS) is 11.0. The maximum absolute atomic E-state index is 12.3. The lowest BCUT2D eigenvalue weighted by Crippen LogP contribution is -2.34. The molecule has 144 valence electrons. The van der Waals surface area contributed by atoms with E-state index in [1.54, 1.807) is 17.4 Å². The zero-order chi connectivity index (χ0) is 19.9. The number of carbonyl (C=O) groups excluding carboxylic acids is 2. The van der Waals surface area contributed by atoms with Crippen molar-refractivity contribution in [3.8, 4) is 5.75 Å². The number of hydrogen-bond acceptors (Lipinski definition) is 3. The van der Waals surface area contributed by atoms with Gasteiger partial charge in [-0.2, -0.15) is 13.2 Å². The van der Waals surface area contributed by atoms with Crippen LogP contribution in [0.1, 0.15) is 22.8 Å². The van der Waals surface area contributed by atoms with Gasteiger partial charge in [0.15, 0.2) is 6.61 Å². The van der Waals surface area contributed by atoms with E-state index in [0.717, 1.165) is 12.0 Å². The average Bonchev–Trinajstić information content (AvgIpc) is 2.64. The Kier molecular flexibility index (Phi) is 6.81. The second-order valence-electron chi connectivity index (χ2n) is 5.68. The maximum Gasteiger partial charge on any atom is 0.405 e. The number of ether oxygens (including phenoxy) is 1. The van der Waals surface area contributed by atoms with Gasteiger partial charge in [0.1, 0.15) is 12.3 Å². The number of nitrogens with one attached hydrogen (secondary N) is 2. The Balaban J connectivity index is 1.98. The van der Waals surface area contributed by atoms with Gasteiger partial charge in [-0.3, -0.25) is 9.59 Å². The molecule has 0 atom stereocenters. The Morgan fingerprint density at radius 3 is 2.52 bits per heavy atom. The Morgan fingerprint density at radius 1 is 1.07 bits per heavy atom. The minimum atomic E-state index is -4.52. The highest BCUT2D eigenvalue weighted by Crippen LogP contribution is 2.18. The third kappa shape index (κ3) is 6.65. The summed E-state index contributed by atoms with van der Waals surface area (Å²) in [6.45, 7) is 0.239. The topological polar surface area (TPSA) is 67.4 Å². The van der Waals surface area contributed by atoms with E-state index in [2.05, 4.69) is 5.32 Å². The first kappa shape index (κ1) is 20.3. The van der Waals surface area contributed by atoms with Crippen LogP contribution in [0, 0.1) is 0 Å². The molecular weight excluding hydrogens is 361 g/mol. The van der Waals surface area contributed by atoms with Gasteiger partial charge in [0.05, 0.1) is 11.3 Å². The van der Waals surface area contributed by atoms with Crippen molar-refractivity contribution in [2.45, 2.75) is 19.5 Å². The highest BCUT2D eigenvalue weighted by Gasteiger charge is 2.28. The molecule has 0 aromatic heterocycles. The van der Waals surface area contributed by atoms with Crippen molar-refractivity contribution >= 4 is 17.5 Å². The van der Waals surface area contributed by atoms with Gasteiger partial charge >= 0.3 is 6.18 Å². The molecule has 2 rings (SSSR count). The van der Waals surface area contributed by atoms with Crippen LogP contribution < -0.4 is 15.4 Å². The number of aryl methyl sites for hydroxylation is 1. The third-order valence-electron chi connectivity index (χ3n) is 3.57. The van der Waals surface area contributed by atoms with Crippen LogP contribution in [0.15, 0.2) is 48.5 Å². The standard InChI is InChI=1S/C19H19F3N2O3/c1-2-13-6-5-7-14(10-13)27-11-17(25)24-16-9-4-3-8-15(16)18(26)23-12-19(20,21)22/h3-10H,2,11-12H2,1H3,(H,23,26)(H,24,25). The number of para-hydroxylation sites is 1. The molecule has 0 heterocycles. The number of amides is 2. The molecule has 0 aliphatic carbocycles. The van der Waals surface area contributed by atoms with Crippen molar-refractivity contribution in [1.82, 2.24) is 5.32 Å². The summed E-state index contributed by atoms with van der Waals surface area (Å²) in [6, 6.07) is 13.1. The number of carbonyl (C=O) groups is 2. The highest BCUT2D eigenvalue weighted by molar-refractivity contribution is 6.04. The number of halogens is 3. The predicted molar refractivity (Wildman–Crippen MR) is 94.8 cm³/mol. The van der Waals surface area contributed by atoms with E-state index in [4.69, 9.17) is 4.74 Å². The number of benzene rings is 2. The van der Waals surface area contributed by atoms with Crippen LogP contribution in [0.25, 0.3) is 0 Å². The van der Waals surface area contributed by atoms with Gasteiger partial charge in [-0.25, -0.2) is 0 Å². The molecule has 0 bridgehead atoms. The van der Waals surface area contributed by atoms with E-state index in [1.807, 2.05) is 25.1 Å². The summed E-state index contributed by atoms with van der Waals surface area (Å²) in [5.41, 5.74) is 1.09. The predicted octanol–water partition coefficient (Wildman–Crippen LogP) is 3.56. The molecule has 0 spiro atoms. The van der Waals surface area contributed by atoms with E-state index >= 15 is 0 Å². The maximum atomic E-state index is 12.3. The minimum Gasteiger partial charge on any atom is -0.484 e. The largest absolute Gasteiger partial charge is 0.484 e. The van der Waals surface area contributed by atoms with Gasteiger partial charge < -0.3 is 15.4 Å². The van der Waals surface area contributed by atoms with Crippen molar-refractivity contribution in [2.24, 2.45) is 0 Å². The molecule has 0 saturated carbocycles.